The van der Waals surface area contributed by atoms with Crippen molar-refractivity contribution in [2.24, 2.45) is 0 Å². The normalized spacial score (nSPS) is 18.3. The monoisotopic (exact) mass is 502 g/mol. The fraction of sp³-hybridized carbons (Fsp3) is 0.733. The maximum atomic E-state index is 12.8. The van der Waals surface area contributed by atoms with E-state index in [4.69, 9.17) is 4.74 Å². The fourth-order valence-corrected chi connectivity index (χ4v) is 4.83. The molecular formula is C30H50N2O4. The summed E-state index contributed by atoms with van der Waals surface area (Å²) in [5.41, 5.74) is -0.0346. The number of rotatable bonds is 14. The van der Waals surface area contributed by atoms with Gasteiger partial charge in [-0.2, -0.15) is 0 Å². The van der Waals surface area contributed by atoms with Crippen LogP contribution < -0.4 is 15.4 Å². The summed E-state index contributed by atoms with van der Waals surface area (Å²) in [6.07, 6.45) is 12.6. The van der Waals surface area contributed by atoms with Crippen molar-refractivity contribution < 1.29 is 19.4 Å². The first-order valence-electron chi connectivity index (χ1n) is 13.9. The lowest BCUT2D eigenvalue weighted by molar-refractivity contribution is -0.125. The van der Waals surface area contributed by atoms with E-state index >= 15 is 0 Å². The SMILES string of the molecule is CCCCCCCCCCCCC1(COc2cc(C(C)(C)C)c(O)c(C(C)(C)C)c2)NC(=O)NC1=O. The van der Waals surface area contributed by atoms with E-state index in [0.717, 1.165) is 30.4 Å². The van der Waals surface area contributed by atoms with Crippen molar-refractivity contribution in [3.63, 3.8) is 0 Å². The van der Waals surface area contributed by atoms with Gasteiger partial charge in [0.2, 0.25) is 0 Å². The minimum atomic E-state index is -1.07. The van der Waals surface area contributed by atoms with Gasteiger partial charge in [-0.05, 0) is 29.4 Å². The first-order valence-corrected chi connectivity index (χ1v) is 13.9. The minimum absolute atomic E-state index is 0.0555. The molecule has 0 bridgehead atoms. The predicted octanol–water partition coefficient (Wildman–Crippen LogP) is 7.26. The molecule has 6 nitrogen and oxygen atoms in total. The third-order valence-corrected chi connectivity index (χ3v) is 7.16. The van der Waals surface area contributed by atoms with E-state index in [9.17, 15) is 14.7 Å². The molecule has 2 rings (SSSR count). The molecule has 36 heavy (non-hydrogen) atoms. The number of unbranched alkanes of at least 4 members (excludes halogenated alkanes) is 9. The largest absolute Gasteiger partial charge is 0.507 e. The van der Waals surface area contributed by atoms with Gasteiger partial charge in [0.25, 0.3) is 5.91 Å². The molecule has 1 saturated heterocycles. The van der Waals surface area contributed by atoms with E-state index in [0.29, 0.717) is 12.2 Å². The van der Waals surface area contributed by atoms with E-state index in [1.807, 2.05) is 12.1 Å². The zero-order chi connectivity index (χ0) is 27.0. The summed E-state index contributed by atoms with van der Waals surface area (Å²) >= 11 is 0. The number of benzene rings is 1. The number of phenolic OH excluding ortho intramolecular Hbond substituents is 1. The Morgan fingerprint density at radius 2 is 1.28 bits per heavy atom. The summed E-state index contributed by atoms with van der Waals surface area (Å²) < 4.78 is 6.19. The highest BCUT2D eigenvalue weighted by molar-refractivity contribution is 6.07. The zero-order valence-electron chi connectivity index (χ0n) is 23.8. The quantitative estimate of drug-likeness (QED) is 0.185. The summed E-state index contributed by atoms with van der Waals surface area (Å²) in [5.74, 6) is 0.558. The Bertz CT molecular complexity index is 847. The average molecular weight is 503 g/mol. The smallest absolute Gasteiger partial charge is 0.322 e. The van der Waals surface area contributed by atoms with Crippen LogP contribution in [-0.2, 0) is 15.6 Å². The van der Waals surface area contributed by atoms with E-state index in [1.165, 1.54) is 44.9 Å². The van der Waals surface area contributed by atoms with Gasteiger partial charge in [0.15, 0.2) is 5.54 Å². The first kappa shape index (κ1) is 30.0. The number of carbonyl (C=O) groups is 2. The van der Waals surface area contributed by atoms with Crippen molar-refractivity contribution in [3.05, 3.63) is 23.3 Å². The van der Waals surface area contributed by atoms with Crippen LogP contribution in [0.4, 0.5) is 4.79 Å². The summed E-state index contributed by atoms with van der Waals surface area (Å²) in [5, 5.41) is 16.2. The molecular weight excluding hydrogens is 452 g/mol. The molecule has 1 aromatic rings. The van der Waals surface area contributed by atoms with Crippen LogP contribution in [0.3, 0.4) is 0 Å². The number of imide groups is 1. The fourth-order valence-electron chi connectivity index (χ4n) is 4.83. The Hall–Kier alpha value is -2.24. The summed E-state index contributed by atoms with van der Waals surface area (Å²) in [6, 6.07) is 3.24. The van der Waals surface area contributed by atoms with Gasteiger partial charge in [-0.25, -0.2) is 4.79 Å². The number of urea groups is 1. The standard InChI is InChI=1S/C30H50N2O4/c1-8-9-10-11-12-13-14-15-16-17-18-30(26(34)31-27(35)32-30)21-36-22-19-23(28(2,3)4)25(33)24(20-22)29(5,6)7/h19-20,33H,8-18,21H2,1-7H3,(H2,31,32,34,35). The second kappa shape index (κ2) is 12.8. The van der Waals surface area contributed by atoms with Crippen molar-refractivity contribution in [2.45, 2.75) is 135 Å². The van der Waals surface area contributed by atoms with E-state index in [1.54, 1.807) is 0 Å². The highest BCUT2D eigenvalue weighted by Gasteiger charge is 2.46. The van der Waals surface area contributed by atoms with E-state index in [2.05, 4.69) is 59.1 Å². The third-order valence-electron chi connectivity index (χ3n) is 7.16. The molecule has 3 amide bonds. The molecule has 0 aliphatic carbocycles. The van der Waals surface area contributed by atoms with Gasteiger partial charge in [0.05, 0.1) is 0 Å². The van der Waals surface area contributed by atoms with Gasteiger partial charge in [-0.15, -0.1) is 0 Å². The van der Waals surface area contributed by atoms with Gasteiger partial charge in [0.1, 0.15) is 18.1 Å². The Balaban J connectivity index is 2.03. The van der Waals surface area contributed by atoms with Gasteiger partial charge >= 0.3 is 6.03 Å². The maximum absolute atomic E-state index is 12.8. The second-order valence-electron chi connectivity index (χ2n) is 12.6. The number of phenols is 1. The topological polar surface area (TPSA) is 87.7 Å². The highest BCUT2D eigenvalue weighted by atomic mass is 16.5. The first-order chi connectivity index (χ1) is 16.8. The predicted molar refractivity (Wildman–Crippen MR) is 147 cm³/mol. The Kier molecular flexibility index (Phi) is 10.7. The summed E-state index contributed by atoms with van der Waals surface area (Å²) in [4.78, 5) is 24.9. The van der Waals surface area contributed by atoms with Gasteiger partial charge in [-0.1, -0.05) is 113 Å². The third kappa shape index (κ3) is 8.41. The molecule has 0 aromatic heterocycles. The molecule has 1 atom stereocenters. The van der Waals surface area contributed by atoms with Crippen molar-refractivity contribution >= 4 is 11.9 Å². The molecule has 3 N–H and O–H groups in total. The number of hydrogen-bond donors (Lipinski definition) is 3. The van der Waals surface area contributed by atoms with Crippen LogP contribution >= 0.6 is 0 Å². The van der Waals surface area contributed by atoms with Crippen molar-refractivity contribution in [1.82, 2.24) is 10.6 Å². The second-order valence-corrected chi connectivity index (χ2v) is 12.6. The number of nitrogens with one attached hydrogen (secondary N) is 2. The lowest BCUT2D eigenvalue weighted by Crippen LogP contribution is -2.51. The molecule has 1 unspecified atom stereocenters. The van der Waals surface area contributed by atoms with Crippen LogP contribution in [0.1, 0.15) is 130 Å². The van der Waals surface area contributed by atoms with Crippen molar-refractivity contribution in [1.29, 1.82) is 0 Å². The molecule has 0 radical (unpaired) electrons. The molecule has 6 heteroatoms. The Labute approximate surface area is 219 Å². The van der Waals surface area contributed by atoms with E-state index in [-0.39, 0.29) is 29.1 Å². The molecule has 1 aromatic carbocycles. The minimum Gasteiger partial charge on any atom is -0.507 e. The maximum Gasteiger partial charge on any atom is 0.322 e. The molecule has 204 valence electrons. The Morgan fingerprint density at radius 1 is 0.806 bits per heavy atom. The van der Waals surface area contributed by atoms with Crippen LogP contribution in [-0.4, -0.2) is 29.2 Å². The van der Waals surface area contributed by atoms with Gasteiger partial charge in [0, 0.05) is 11.1 Å². The molecule has 1 aliphatic heterocycles. The van der Waals surface area contributed by atoms with Crippen LogP contribution in [0.2, 0.25) is 0 Å². The number of hydrogen-bond acceptors (Lipinski definition) is 4. The molecule has 1 heterocycles. The van der Waals surface area contributed by atoms with Crippen LogP contribution in [0.15, 0.2) is 12.1 Å². The van der Waals surface area contributed by atoms with Crippen molar-refractivity contribution in [3.8, 4) is 11.5 Å². The molecule has 0 spiro atoms. The summed E-state index contributed by atoms with van der Waals surface area (Å²) in [6.45, 7) is 14.6. The zero-order valence-corrected chi connectivity index (χ0v) is 23.8. The summed E-state index contributed by atoms with van der Waals surface area (Å²) in [7, 11) is 0. The number of ether oxygens (including phenoxy) is 1. The average Bonchev–Trinajstić information content (AvgIpc) is 3.05. The Morgan fingerprint density at radius 3 is 1.69 bits per heavy atom. The number of carbonyl (C=O) groups excluding carboxylic acids is 2. The van der Waals surface area contributed by atoms with Crippen LogP contribution in [0.5, 0.6) is 11.5 Å². The van der Waals surface area contributed by atoms with Gasteiger partial charge < -0.3 is 15.2 Å². The van der Waals surface area contributed by atoms with Crippen LogP contribution in [0, 0.1) is 0 Å². The lowest BCUT2D eigenvalue weighted by Gasteiger charge is -2.30. The lowest BCUT2D eigenvalue weighted by atomic mass is 9.79. The van der Waals surface area contributed by atoms with E-state index < -0.39 is 11.6 Å². The molecule has 1 aliphatic rings. The number of amides is 3. The van der Waals surface area contributed by atoms with Crippen LogP contribution in [0.25, 0.3) is 0 Å². The highest BCUT2D eigenvalue weighted by Crippen LogP contribution is 2.42. The molecule has 1 fully saturated rings. The van der Waals surface area contributed by atoms with Crippen molar-refractivity contribution in [2.75, 3.05) is 6.61 Å². The van der Waals surface area contributed by atoms with Gasteiger partial charge in [-0.3, -0.25) is 10.1 Å². The molecule has 0 saturated carbocycles. The number of aromatic hydroxyl groups is 1.